The molecule has 0 unspecified atom stereocenters. The van der Waals surface area contributed by atoms with E-state index in [0.717, 1.165) is 11.1 Å². The first-order valence-corrected chi connectivity index (χ1v) is 8.85. The minimum atomic E-state index is -0.281. The van der Waals surface area contributed by atoms with Crippen LogP contribution < -0.4 is 0 Å². The molecule has 8 heteroatoms. The first-order chi connectivity index (χ1) is 12.7. The molecule has 4 rings (SSSR count). The summed E-state index contributed by atoms with van der Waals surface area (Å²) in [6.07, 6.45) is 0. The molecule has 4 aromatic rings. The SMILES string of the molecule is Cn1c(SCc2nc(-c3ccccc3)no2)nnc1-c1ccc(F)cc1. The molecule has 0 saturated heterocycles. The summed E-state index contributed by atoms with van der Waals surface area (Å²) < 4.78 is 20.2. The molecule has 0 atom stereocenters. The number of rotatable bonds is 5. The molecular weight excluding hydrogens is 353 g/mol. The van der Waals surface area contributed by atoms with Gasteiger partial charge in [-0.05, 0) is 24.3 Å². The van der Waals surface area contributed by atoms with Crippen molar-refractivity contribution in [3.05, 3.63) is 66.3 Å². The van der Waals surface area contributed by atoms with E-state index < -0.39 is 0 Å². The van der Waals surface area contributed by atoms with Crippen LogP contribution in [0.15, 0.2) is 64.3 Å². The fraction of sp³-hybridized carbons (Fsp3) is 0.111. The lowest BCUT2D eigenvalue weighted by Gasteiger charge is -2.02. The lowest BCUT2D eigenvalue weighted by molar-refractivity contribution is 0.391. The zero-order valence-electron chi connectivity index (χ0n) is 13.8. The standard InChI is InChI=1S/C18H14FN5OS/c1-24-17(13-7-9-14(19)10-8-13)21-22-18(24)26-11-15-20-16(23-25-15)12-5-3-2-4-6-12/h2-10H,11H2,1H3. The smallest absolute Gasteiger partial charge is 0.237 e. The van der Waals surface area contributed by atoms with E-state index in [1.165, 1.54) is 23.9 Å². The second-order valence-electron chi connectivity index (χ2n) is 5.54. The molecule has 0 amide bonds. The van der Waals surface area contributed by atoms with Gasteiger partial charge in [-0.25, -0.2) is 4.39 Å². The van der Waals surface area contributed by atoms with Gasteiger partial charge in [-0.1, -0.05) is 47.3 Å². The Balaban J connectivity index is 1.47. The Bertz CT molecular complexity index is 1010. The first kappa shape index (κ1) is 16.5. The average molecular weight is 367 g/mol. The second kappa shape index (κ2) is 7.09. The van der Waals surface area contributed by atoms with E-state index in [2.05, 4.69) is 20.3 Å². The van der Waals surface area contributed by atoms with Crippen LogP contribution in [0.3, 0.4) is 0 Å². The maximum Gasteiger partial charge on any atom is 0.237 e. The minimum absolute atomic E-state index is 0.281. The molecule has 2 heterocycles. The van der Waals surface area contributed by atoms with Gasteiger partial charge in [0, 0.05) is 18.2 Å². The highest BCUT2D eigenvalue weighted by molar-refractivity contribution is 7.98. The molecule has 0 N–H and O–H groups in total. The van der Waals surface area contributed by atoms with Gasteiger partial charge in [-0.2, -0.15) is 4.98 Å². The number of halogens is 1. The zero-order valence-corrected chi connectivity index (χ0v) is 14.7. The maximum atomic E-state index is 13.1. The normalized spacial score (nSPS) is 11.0. The van der Waals surface area contributed by atoms with Crippen LogP contribution in [0, 0.1) is 5.82 Å². The van der Waals surface area contributed by atoms with Crippen molar-refractivity contribution in [1.29, 1.82) is 0 Å². The average Bonchev–Trinajstić information content (AvgIpc) is 3.29. The summed E-state index contributed by atoms with van der Waals surface area (Å²) in [5.74, 6) is 1.94. The van der Waals surface area contributed by atoms with Crippen LogP contribution >= 0.6 is 11.8 Å². The summed E-state index contributed by atoms with van der Waals surface area (Å²) >= 11 is 1.45. The third kappa shape index (κ3) is 3.36. The van der Waals surface area contributed by atoms with E-state index in [0.29, 0.717) is 28.4 Å². The summed E-state index contributed by atoms with van der Waals surface area (Å²) in [4.78, 5) is 4.40. The number of hydrogen-bond donors (Lipinski definition) is 0. The molecule has 0 aliphatic rings. The number of nitrogens with zero attached hydrogens (tertiary/aromatic N) is 5. The van der Waals surface area contributed by atoms with E-state index >= 15 is 0 Å². The van der Waals surface area contributed by atoms with Crippen molar-refractivity contribution < 1.29 is 8.91 Å². The molecule has 0 saturated carbocycles. The van der Waals surface area contributed by atoms with Crippen LogP contribution in [0.4, 0.5) is 4.39 Å². The third-order valence-corrected chi connectivity index (χ3v) is 4.77. The summed E-state index contributed by atoms with van der Waals surface area (Å²) in [5.41, 5.74) is 1.71. The molecule has 130 valence electrons. The zero-order chi connectivity index (χ0) is 17.9. The van der Waals surface area contributed by atoms with Crippen molar-refractivity contribution in [2.24, 2.45) is 7.05 Å². The predicted molar refractivity (Wildman–Crippen MR) is 95.7 cm³/mol. The van der Waals surface area contributed by atoms with Crippen LogP contribution in [0.2, 0.25) is 0 Å². The molecule has 0 aliphatic heterocycles. The Kier molecular flexibility index (Phi) is 4.49. The van der Waals surface area contributed by atoms with Crippen LogP contribution in [-0.2, 0) is 12.8 Å². The fourth-order valence-corrected chi connectivity index (χ4v) is 3.18. The highest BCUT2D eigenvalue weighted by atomic mass is 32.2. The fourth-order valence-electron chi connectivity index (χ4n) is 2.44. The molecule has 2 aromatic carbocycles. The van der Waals surface area contributed by atoms with Gasteiger partial charge < -0.3 is 9.09 Å². The van der Waals surface area contributed by atoms with E-state index in [4.69, 9.17) is 4.52 Å². The molecule has 26 heavy (non-hydrogen) atoms. The Morgan fingerprint density at radius 2 is 1.77 bits per heavy atom. The van der Waals surface area contributed by atoms with E-state index in [1.54, 1.807) is 12.1 Å². The monoisotopic (exact) mass is 367 g/mol. The van der Waals surface area contributed by atoms with Crippen LogP contribution in [0.1, 0.15) is 5.89 Å². The van der Waals surface area contributed by atoms with E-state index in [1.807, 2.05) is 41.9 Å². The quantitative estimate of drug-likeness (QED) is 0.497. The third-order valence-electron chi connectivity index (χ3n) is 3.76. The predicted octanol–water partition coefficient (Wildman–Crippen LogP) is 3.96. The van der Waals surface area contributed by atoms with Crippen molar-refractivity contribution >= 4 is 11.8 Å². The Morgan fingerprint density at radius 1 is 1.00 bits per heavy atom. The van der Waals surface area contributed by atoms with Crippen LogP contribution in [0.5, 0.6) is 0 Å². The van der Waals surface area contributed by atoms with E-state index in [-0.39, 0.29) is 5.82 Å². The number of aromatic nitrogens is 5. The van der Waals surface area contributed by atoms with Crippen LogP contribution in [-0.4, -0.2) is 24.9 Å². The largest absolute Gasteiger partial charge is 0.338 e. The van der Waals surface area contributed by atoms with Gasteiger partial charge >= 0.3 is 0 Å². The molecule has 0 aliphatic carbocycles. The van der Waals surface area contributed by atoms with Crippen molar-refractivity contribution in [2.45, 2.75) is 10.9 Å². The van der Waals surface area contributed by atoms with Crippen molar-refractivity contribution in [3.63, 3.8) is 0 Å². The molecule has 2 aromatic heterocycles. The van der Waals surface area contributed by atoms with Gasteiger partial charge in [0.25, 0.3) is 0 Å². The van der Waals surface area contributed by atoms with Crippen molar-refractivity contribution in [3.8, 4) is 22.8 Å². The van der Waals surface area contributed by atoms with Gasteiger partial charge in [-0.3, -0.25) is 0 Å². The molecule has 0 fully saturated rings. The topological polar surface area (TPSA) is 69.6 Å². The van der Waals surface area contributed by atoms with Gasteiger partial charge in [0.1, 0.15) is 5.82 Å². The minimum Gasteiger partial charge on any atom is -0.338 e. The molecular formula is C18H14FN5OS. The molecule has 0 radical (unpaired) electrons. The maximum absolute atomic E-state index is 13.1. The van der Waals surface area contributed by atoms with Crippen molar-refractivity contribution in [1.82, 2.24) is 24.9 Å². The van der Waals surface area contributed by atoms with Gasteiger partial charge in [0.05, 0.1) is 5.75 Å². The Morgan fingerprint density at radius 3 is 2.54 bits per heavy atom. The Hall–Kier alpha value is -3.00. The highest BCUT2D eigenvalue weighted by Gasteiger charge is 2.14. The number of hydrogen-bond acceptors (Lipinski definition) is 6. The van der Waals surface area contributed by atoms with E-state index in [9.17, 15) is 4.39 Å². The molecule has 6 nitrogen and oxygen atoms in total. The molecule has 0 spiro atoms. The summed E-state index contributed by atoms with van der Waals surface area (Å²) in [6.45, 7) is 0. The number of benzene rings is 2. The first-order valence-electron chi connectivity index (χ1n) is 7.87. The molecule has 0 bridgehead atoms. The summed E-state index contributed by atoms with van der Waals surface area (Å²) in [7, 11) is 1.87. The van der Waals surface area contributed by atoms with Gasteiger partial charge in [0.2, 0.25) is 11.7 Å². The summed E-state index contributed by atoms with van der Waals surface area (Å²) in [6, 6.07) is 15.8. The van der Waals surface area contributed by atoms with Gasteiger partial charge in [0.15, 0.2) is 11.0 Å². The second-order valence-corrected chi connectivity index (χ2v) is 6.48. The highest BCUT2D eigenvalue weighted by Crippen LogP contribution is 2.25. The lowest BCUT2D eigenvalue weighted by Crippen LogP contribution is -1.95. The number of thioether (sulfide) groups is 1. The lowest BCUT2D eigenvalue weighted by atomic mass is 10.2. The summed E-state index contributed by atoms with van der Waals surface area (Å²) in [5, 5.41) is 13.1. The Labute approximate surface area is 153 Å². The van der Waals surface area contributed by atoms with Crippen LogP contribution in [0.25, 0.3) is 22.8 Å². The van der Waals surface area contributed by atoms with Gasteiger partial charge in [-0.15, -0.1) is 10.2 Å². The van der Waals surface area contributed by atoms with Crippen molar-refractivity contribution in [2.75, 3.05) is 0 Å².